The molecule has 6 heteroatoms. The second kappa shape index (κ2) is 5.58. The van der Waals surface area contributed by atoms with Crippen LogP contribution in [-0.4, -0.2) is 21.0 Å². The summed E-state index contributed by atoms with van der Waals surface area (Å²) in [5.41, 5.74) is 2.42. The minimum Gasteiger partial charge on any atom is -0.481 e. The van der Waals surface area contributed by atoms with Gasteiger partial charge in [0, 0.05) is 11.8 Å². The Hall–Kier alpha value is -3.54. The Morgan fingerprint density at radius 1 is 1.04 bits per heavy atom. The number of fused-ring (bicyclic) bond motifs is 1. The molecular weight excluding hydrogens is 306 g/mol. The molecule has 24 heavy (non-hydrogen) atoms. The molecule has 1 amide bonds. The van der Waals surface area contributed by atoms with Crippen molar-refractivity contribution < 1.29 is 14.3 Å². The third kappa shape index (κ3) is 2.50. The van der Waals surface area contributed by atoms with Crippen molar-refractivity contribution in [3.63, 3.8) is 0 Å². The number of carbonyl (C=O) groups excluding carboxylic acids is 1. The van der Waals surface area contributed by atoms with E-state index in [1.807, 2.05) is 36.4 Å². The van der Waals surface area contributed by atoms with E-state index in [2.05, 4.69) is 15.3 Å². The van der Waals surface area contributed by atoms with E-state index in [-0.39, 0.29) is 11.9 Å². The molecule has 0 saturated carbocycles. The van der Waals surface area contributed by atoms with Gasteiger partial charge in [0.05, 0.1) is 11.1 Å². The first-order valence-corrected chi connectivity index (χ1v) is 7.35. The zero-order valence-electron chi connectivity index (χ0n) is 12.5. The Morgan fingerprint density at radius 2 is 1.88 bits per heavy atom. The summed E-state index contributed by atoms with van der Waals surface area (Å²) < 4.78 is 5.16. The van der Waals surface area contributed by atoms with Crippen LogP contribution in [0.2, 0.25) is 0 Å². The van der Waals surface area contributed by atoms with Gasteiger partial charge in [0.15, 0.2) is 11.6 Å². The van der Waals surface area contributed by atoms with E-state index in [9.17, 15) is 9.90 Å². The van der Waals surface area contributed by atoms with Gasteiger partial charge in [0.1, 0.15) is 5.52 Å². The number of para-hydroxylation sites is 2. The monoisotopic (exact) mass is 319 g/mol. The van der Waals surface area contributed by atoms with Gasteiger partial charge in [-0.05, 0) is 30.3 Å². The van der Waals surface area contributed by atoms with Crippen molar-refractivity contribution in [3.8, 4) is 17.5 Å². The van der Waals surface area contributed by atoms with Crippen LogP contribution in [0, 0.1) is 0 Å². The lowest BCUT2D eigenvalue weighted by Crippen LogP contribution is -2.12. The summed E-state index contributed by atoms with van der Waals surface area (Å²) in [5.74, 6) is 0.419. The maximum Gasteiger partial charge on any atom is 0.282 e. The number of carbonyl (C=O) groups is 1. The normalized spacial score (nSPS) is 10.8. The number of benzene rings is 2. The number of imidazole rings is 1. The van der Waals surface area contributed by atoms with Gasteiger partial charge in [-0.15, -0.1) is 0 Å². The molecule has 0 fully saturated rings. The molecule has 0 saturated heterocycles. The zero-order chi connectivity index (χ0) is 16.5. The molecule has 4 aromatic rings. The van der Waals surface area contributed by atoms with Crippen LogP contribution < -0.4 is 5.32 Å². The van der Waals surface area contributed by atoms with Crippen molar-refractivity contribution in [2.75, 3.05) is 5.32 Å². The average molecular weight is 319 g/mol. The number of aromatic amines is 1. The molecule has 6 nitrogen and oxygen atoms in total. The van der Waals surface area contributed by atoms with Crippen molar-refractivity contribution in [2.45, 2.75) is 0 Å². The number of rotatable bonds is 3. The minimum atomic E-state index is -0.243. The largest absolute Gasteiger partial charge is 0.481 e. The van der Waals surface area contributed by atoms with Crippen LogP contribution in [0.15, 0.2) is 65.1 Å². The molecular formula is C18H13N3O3. The first-order chi connectivity index (χ1) is 11.7. The summed E-state index contributed by atoms with van der Waals surface area (Å²) in [5, 5.41) is 12.2. The maximum atomic E-state index is 12.5. The Morgan fingerprint density at radius 3 is 2.62 bits per heavy atom. The molecule has 0 spiro atoms. The van der Waals surface area contributed by atoms with E-state index in [0.717, 1.165) is 0 Å². The van der Waals surface area contributed by atoms with Crippen molar-refractivity contribution in [1.82, 2.24) is 9.97 Å². The third-order valence-corrected chi connectivity index (χ3v) is 3.61. The summed E-state index contributed by atoms with van der Waals surface area (Å²) in [7, 11) is 0. The van der Waals surface area contributed by atoms with E-state index >= 15 is 0 Å². The number of nitrogens with one attached hydrogen (secondary N) is 2. The fraction of sp³-hybridized carbons (Fsp3) is 0. The summed E-state index contributed by atoms with van der Waals surface area (Å²) in [4.78, 5) is 20.1. The molecule has 4 rings (SSSR count). The quantitative estimate of drug-likeness (QED) is 0.536. The number of aromatic nitrogens is 2. The molecule has 0 atom stereocenters. The summed E-state index contributed by atoms with van der Waals surface area (Å²) >= 11 is 0. The van der Waals surface area contributed by atoms with Crippen LogP contribution in [-0.2, 0) is 0 Å². The number of aromatic hydroxyl groups is 1. The molecule has 0 radical (unpaired) electrons. The highest BCUT2D eigenvalue weighted by atomic mass is 16.5. The van der Waals surface area contributed by atoms with Crippen LogP contribution >= 0.6 is 0 Å². The Labute approximate surface area is 136 Å². The molecule has 0 bridgehead atoms. The van der Waals surface area contributed by atoms with Gasteiger partial charge in [-0.25, -0.2) is 4.98 Å². The van der Waals surface area contributed by atoms with Crippen LogP contribution in [0.1, 0.15) is 10.4 Å². The second-order valence-corrected chi connectivity index (χ2v) is 5.25. The molecule has 118 valence electrons. The molecule has 2 heterocycles. The highest BCUT2D eigenvalue weighted by Crippen LogP contribution is 2.26. The first kappa shape index (κ1) is 14.1. The van der Waals surface area contributed by atoms with Crippen LogP contribution in [0.25, 0.3) is 22.6 Å². The maximum absolute atomic E-state index is 12.5. The number of hydrogen-bond donors (Lipinski definition) is 3. The second-order valence-electron chi connectivity index (χ2n) is 5.25. The van der Waals surface area contributed by atoms with Gasteiger partial charge in [0.2, 0.25) is 0 Å². The van der Waals surface area contributed by atoms with Gasteiger partial charge < -0.3 is 19.8 Å². The topological polar surface area (TPSA) is 91.2 Å². The Bertz CT molecular complexity index is 1020. The van der Waals surface area contributed by atoms with Crippen LogP contribution in [0.4, 0.5) is 5.69 Å². The molecule has 0 aliphatic carbocycles. The third-order valence-electron chi connectivity index (χ3n) is 3.61. The minimum absolute atomic E-state index is 0.187. The van der Waals surface area contributed by atoms with Crippen LogP contribution in [0.3, 0.4) is 0 Å². The number of nitrogens with zero attached hydrogens (tertiary/aromatic N) is 1. The predicted molar refractivity (Wildman–Crippen MR) is 89.9 cm³/mol. The molecule has 0 aliphatic heterocycles. The highest BCUT2D eigenvalue weighted by Gasteiger charge is 2.16. The lowest BCUT2D eigenvalue weighted by Gasteiger charge is -2.05. The van der Waals surface area contributed by atoms with E-state index in [4.69, 9.17) is 4.42 Å². The van der Waals surface area contributed by atoms with E-state index in [1.165, 1.54) is 6.07 Å². The Kier molecular flexibility index (Phi) is 3.28. The average Bonchev–Trinajstić information content (AvgIpc) is 3.21. The van der Waals surface area contributed by atoms with E-state index in [1.54, 1.807) is 18.2 Å². The Balaban J connectivity index is 1.73. The molecule has 0 unspecified atom stereocenters. The van der Waals surface area contributed by atoms with Gasteiger partial charge in [-0.1, -0.05) is 24.3 Å². The number of furan rings is 1. The lowest BCUT2D eigenvalue weighted by molar-refractivity contribution is 0.102. The number of hydrogen-bond acceptors (Lipinski definition) is 4. The van der Waals surface area contributed by atoms with Gasteiger partial charge >= 0.3 is 0 Å². The zero-order valence-corrected chi connectivity index (χ0v) is 12.5. The fourth-order valence-corrected chi connectivity index (χ4v) is 2.51. The lowest BCUT2D eigenvalue weighted by atomic mass is 10.1. The van der Waals surface area contributed by atoms with Crippen LogP contribution in [0.5, 0.6) is 5.95 Å². The summed E-state index contributed by atoms with van der Waals surface area (Å²) in [6.45, 7) is 0. The molecule has 0 aliphatic rings. The van der Waals surface area contributed by atoms with E-state index in [0.29, 0.717) is 33.9 Å². The van der Waals surface area contributed by atoms with E-state index < -0.39 is 0 Å². The van der Waals surface area contributed by atoms with Gasteiger partial charge in [-0.3, -0.25) is 4.79 Å². The number of anilines is 1. The standard InChI is InChI=1S/C18H13N3O3/c22-15-10-9-14(24-15)17-20-13-8-4-7-12(16(13)21-17)18(23)19-11-5-2-1-3-6-11/h1-10,22H,(H,19,23)(H,20,21). The SMILES string of the molecule is O=C(Nc1ccccc1)c1cccc2[nH]c(-c3ccc(O)o3)nc12. The highest BCUT2D eigenvalue weighted by molar-refractivity contribution is 6.11. The van der Waals surface area contributed by atoms with Crippen molar-refractivity contribution in [2.24, 2.45) is 0 Å². The number of amides is 1. The smallest absolute Gasteiger partial charge is 0.282 e. The van der Waals surface area contributed by atoms with Gasteiger partial charge in [-0.2, -0.15) is 0 Å². The first-order valence-electron chi connectivity index (χ1n) is 7.35. The summed E-state index contributed by atoms with van der Waals surface area (Å²) in [6.07, 6.45) is 0. The van der Waals surface area contributed by atoms with Gasteiger partial charge in [0.25, 0.3) is 11.9 Å². The number of H-pyrrole nitrogens is 1. The summed E-state index contributed by atoms with van der Waals surface area (Å²) in [6, 6.07) is 17.6. The molecule has 3 N–H and O–H groups in total. The fourth-order valence-electron chi connectivity index (χ4n) is 2.51. The van der Waals surface area contributed by atoms with Crippen molar-refractivity contribution in [1.29, 1.82) is 0 Å². The van der Waals surface area contributed by atoms with Crippen molar-refractivity contribution in [3.05, 3.63) is 66.2 Å². The molecule has 2 aromatic heterocycles. The van der Waals surface area contributed by atoms with Crippen molar-refractivity contribution >= 4 is 22.6 Å². The molecule has 2 aromatic carbocycles. The predicted octanol–water partition coefficient (Wildman–Crippen LogP) is 3.78.